The SMILES string of the molecule is O=C(Nc1nccs1)C(CO)NC(=O)C(c1ccccc1)c1ccccc1. The molecule has 0 aliphatic heterocycles. The molecule has 2 aromatic carbocycles. The summed E-state index contributed by atoms with van der Waals surface area (Å²) in [5.41, 5.74) is 1.61. The first-order valence-corrected chi connectivity index (χ1v) is 9.28. The van der Waals surface area contributed by atoms with Crippen LogP contribution in [0.1, 0.15) is 17.0 Å². The molecule has 0 radical (unpaired) electrons. The lowest BCUT2D eigenvalue weighted by Crippen LogP contribution is -2.47. The van der Waals surface area contributed by atoms with Gasteiger partial charge in [-0.2, -0.15) is 0 Å². The minimum atomic E-state index is -1.07. The molecular weight excluding hydrogens is 362 g/mol. The van der Waals surface area contributed by atoms with Crippen molar-refractivity contribution in [3.8, 4) is 0 Å². The molecule has 7 heteroatoms. The van der Waals surface area contributed by atoms with Gasteiger partial charge in [0.05, 0.1) is 12.5 Å². The molecule has 0 saturated heterocycles. The highest BCUT2D eigenvalue weighted by molar-refractivity contribution is 7.13. The predicted octanol–water partition coefficient (Wildman–Crippen LogP) is 2.39. The van der Waals surface area contributed by atoms with Gasteiger partial charge in [-0.15, -0.1) is 11.3 Å². The number of thiazole rings is 1. The fourth-order valence-electron chi connectivity index (χ4n) is 2.71. The van der Waals surface area contributed by atoms with E-state index in [0.29, 0.717) is 5.13 Å². The van der Waals surface area contributed by atoms with Crippen LogP contribution in [0, 0.1) is 0 Å². The van der Waals surface area contributed by atoms with Crippen LogP contribution in [0.3, 0.4) is 0 Å². The first kappa shape index (κ1) is 18.8. The number of nitrogens with one attached hydrogen (secondary N) is 2. The molecule has 3 rings (SSSR count). The maximum Gasteiger partial charge on any atom is 0.251 e. The molecule has 1 unspecified atom stereocenters. The van der Waals surface area contributed by atoms with Crippen molar-refractivity contribution < 1.29 is 14.7 Å². The quantitative estimate of drug-likeness (QED) is 0.586. The zero-order valence-corrected chi connectivity index (χ0v) is 15.2. The van der Waals surface area contributed by atoms with Gasteiger partial charge in [-0.25, -0.2) is 4.98 Å². The van der Waals surface area contributed by atoms with Gasteiger partial charge in [0.25, 0.3) is 5.91 Å². The number of rotatable bonds is 7. The maximum atomic E-state index is 13.0. The van der Waals surface area contributed by atoms with Crippen molar-refractivity contribution in [3.05, 3.63) is 83.4 Å². The van der Waals surface area contributed by atoms with Gasteiger partial charge < -0.3 is 15.7 Å². The van der Waals surface area contributed by atoms with E-state index in [4.69, 9.17) is 0 Å². The molecule has 1 atom stereocenters. The van der Waals surface area contributed by atoms with Crippen LogP contribution in [-0.4, -0.2) is 34.6 Å². The Labute approximate surface area is 160 Å². The minimum Gasteiger partial charge on any atom is -0.394 e. The third-order valence-electron chi connectivity index (χ3n) is 4.01. The number of aromatic nitrogens is 1. The summed E-state index contributed by atoms with van der Waals surface area (Å²) < 4.78 is 0. The van der Waals surface area contributed by atoms with Gasteiger partial charge in [-0.05, 0) is 11.1 Å². The summed E-state index contributed by atoms with van der Waals surface area (Å²) in [7, 11) is 0. The second kappa shape index (κ2) is 9.07. The third kappa shape index (κ3) is 4.78. The van der Waals surface area contributed by atoms with Crippen LogP contribution in [0.15, 0.2) is 72.2 Å². The Morgan fingerprint density at radius 3 is 2.04 bits per heavy atom. The van der Waals surface area contributed by atoms with Gasteiger partial charge in [0.1, 0.15) is 6.04 Å². The van der Waals surface area contributed by atoms with Crippen molar-refractivity contribution in [1.29, 1.82) is 0 Å². The number of hydrogen-bond donors (Lipinski definition) is 3. The molecule has 0 fully saturated rings. The molecule has 0 aliphatic carbocycles. The van der Waals surface area contributed by atoms with Crippen LogP contribution < -0.4 is 10.6 Å². The number of aliphatic hydroxyl groups is 1. The summed E-state index contributed by atoms with van der Waals surface area (Å²) >= 11 is 1.26. The van der Waals surface area contributed by atoms with E-state index in [1.807, 2.05) is 60.7 Å². The number of carbonyl (C=O) groups is 2. The monoisotopic (exact) mass is 381 g/mol. The van der Waals surface area contributed by atoms with Crippen molar-refractivity contribution in [3.63, 3.8) is 0 Å². The number of nitrogens with zero attached hydrogens (tertiary/aromatic N) is 1. The topological polar surface area (TPSA) is 91.3 Å². The second-order valence-corrected chi connectivity index (χ2v) is 6.72. The predicted molar refractivity (Wildman–Crippen MR) is 104 cm³/mol. The molecule has 0 saturated carbocycles. The molecule has 2 amide bonds. The van der Waals surface area contributed by atoms with Crippen molar-refractivity contribution in [2.24, 2.45) is 0 Å². The molecule has 3 N–H and O–H groups in total. The van der Waals surface area contributed by atoms with Gasteiger partial charge in [-0.3, -0.25) is 9.59 Å². The number of hydrogen-bond acceptors (Lipinski definition) is 5. The summed E-state index contributed by atoms with van der Waals surface area (Å²) in [5, 5.41) is 17.0. The normalized spacial score (nSPS) is 11.8. The Hall–Kier alpha value is -3.03. The van der Waals surface area contributed by atoms with E-state index in [1.54, 1.807) is 11.6 Å². The third-order valence-corrected chi connectivity index (χ3v) is 4.69. The Morgan fingerprint density at radius 1 is 0.963 bits per heavy atom. The van der Waals surface area contributed by atoms with Crippen LogP contribution in [-0.2, 0) is 9.59 Å². The lowest BCUT2D eigenvalue weighted by atomic mass is 9.90. The van der Waals surface area contributed by atoms with E-state index >= 15 is 0 Å². The Balaban J connectivity index is 1.80. The molecule has 1 heterocycles. The van der Waals surface area contributed by atoms with Crippen molar-refractivity contribution in [2.45, 2.75) is 12.0 Å². The molecule has 27 heavy (non-hydrogen) atoms. The Morgan fingerprint density at radius 2 is 1.56 bits per heavy atom. The summed E-state index contributed by atoms with van der Waals surface area (Å²) in [4.78, 5) is 29.3. The first-order chi connectivity index (χ1) is 13.2. The molecule has 0 bridgehead atoms. The summed E-state index contributed by atoms with van der Waals surface area (Å²) in [5.74, 6) is -1.46. The highest BCUT2D eigenvalue weighted by Gasteiger charge is 2.27. The number of carbonyl (C=O) groups excluding carboxylic acids is 2. The summed E-state index contributed by atoms with van der Waals surface area (Å²) in [6, 6.07) is 17.6. The van der Waals surface area contributed by atoms with E-state index < -0.39 is 24.5 Å². The molecule has 0 aliphatic rings. The minimum absolute atomic E-state index is 0.360. The fourth-order valence-corrected chi connectivity index (χ4v) is 3.24. The van der Waals surface area contributed by atoms with Crippen LogP contribution in [0.4, 0.5) is 5.13 Å². The van der Waals surface area contributed by atoms with Crippen molar-refractivity contribution >= 4 is 28.3 Å². The highest BCUT2D eigenvalue weighted by atomic mass is 32.1. The van der Waals surface area contributed by atoms with Gasteiger partial charge in [0.2, 0.25) is 5.91 Å². The molecule has 1 aromatic heterocycles. The van der Waals surface area contributed by atoms with E-state index in [0.717, 1.165) is 11.1 Å². The maximum absolute atomic E-state index is 13.0. The van der Waals surface area contributed by atoms with Gasteiger partial charge in [-0.1, -0.05) is 60.7 Å². The highest BCUT2D eigenvalue weighted by Crippen LogP contribution is 2.25. The van der Waals surface area contributed by atoms with E-state index in [-0.39, 0.29) is 5.91 Å². The fraction of sp³-hybridized carbons (Fsp3) is 0.150. The summed E-state index contributed by atoms with van der Waals surface area (Å²) in [6.07, 6.45) is 1.56. The molecule has 0 spiro atoms. The zero-order chi connectivity index (χ0) is 19.1. The first-order valence-electron chi connectivity index (χ1n) is 8.40. The largest absolute Gasteiger partial charge is 0.394 e. The second-order valence-electron chi connectivity index (χ2n) is 5.82. The van der Waals surface area contributed by atoms with Gasteiger partial charge >= 0.3 is 0 Å². The number of benzene rings is 2. The van der Waals surface area contributed by atoms with Crippen LogP contribution in [0.25, 0.3) is 0 Å². The van der Waals surface area contributed by atoms with Crippen molar-refractivity contribution in [1.82, 2.24) is 10.3 Å². The standard InChI is InChI=1S/C20H19N3O3S/c24-13-16(18(25)23-20-21-11-12-27-20)22-19(26)17(14-7-3-1-4-8-14)15-9-5-2-6-10-15/h1-12,16-17,24H,13H2,(H,22,26)(H,21,23,25). The Kier molecular flexibility index (Phi) is 6.30. The van der Waals surface area contributed by atoms with E-state index in [1.165, 1.54) is 11.3 Å². The van der Waals surface area contributed by atoms with Crippen LogP contribution >= 0.6 is 11.3 Å². The average molecular weight is 381 g/mol. The van der Waals surface area contributed by atoms with Gasteiger partial charge in [0.15, 0.2) is 5.13 Å². The number of amides is 2. The molecule has 3 aromatic rings. The average Bonchev–Trinajstić information content (AvgIpc) is 3.21. The molecule has 6 nitrogen and oxygen atoms in total. The lowest BCUT2D eigenvalue weighted by Gasteiger charge is -2.21. The van der Waals surface area contributed by atoms with Crippen LogP contribution in [0.2, 0.25) is 0 Å². The number of aliphatic hydroxyl groups excluding tert-OH is 1. The van der Waals surface area contributed by atoms with E-state index in [9.17, 15) is 14.7 Å². The van der Waals surface area contributed by atoms with Crippen molar-refractivity contribution in [2.75, 3.05) is 11.9 Å². The zero-order valence-electron chi connectivity index (χ0n) is 14.4. The van der Waals surface area contributed by atoms with Crippen LogP contribution in [0.5, 0.6) is 0 Å². The molecular formula is C20H19N3O3S. The van der Waals surface area contributed by atoms with Gasteiger partial charge in [0, 0.05) is 11.6 Å². The summed E-state index contributed by atoms with van der Waals surface area (Å²) in [6.45, 7) is -0.515. The Bertz CT molecular complexity index is 831. The lowest BCUT2D eigenvalue weighted by molar-refractivity contribution is -0.127. The smallest absolute Gasteiger partial charge is 0.251 e. The molecule has 138 valence electrons. The number of anilines is 1. The van der Waals surface area contributed by atoms with E-state index in [2.05, 4.69) is 15.6 Å².